The van der Waals surface area contributed by atoms with E-state index in [4.69, 9.17) is 47.1 Å². The summed E-state index contributed by atoms with van der Waals surface area (Å²) >= 11 is 15.5. The summed E-state index contributed by atoms with van der Waals surface area (Å²) in [6.45, 7) is 5.89. The average molecular weight is 903 g/mol. The second kappa shape index (κ2) is 19.5. The number of anilines is 1. The smallest absolute Gasteiger partial charge is 0.239 e. The molecule has 9 rings (SSSR count). The number of aromatic nitrogens is 5. The van der Waals surface area contributed by atoms with Gasteiger partial charge >= 0.3 is 0 Å². The van der Waals surface area contributed by atoms with Crippen LogP contribution in [0, 0.1) is 19.7 Å². The molecule has 0 fully saturated rings. The van der Waals surface area contributed by atoms with Crippen LogP contribution < -0.4 is 29.6 Å². The van der Waals surface area contributed by atoms with Crippen molar-refractivity contribution in [2.75, 3.05) is 44.8 Å². The van der Waals surface area contributed by atoms with E-state index in [0.717, 1.165) is 43.8 Å². The Labute approximate surface area is 369 Å². The van der Waals surface area contributed by atoms with Crippen molar-refractivity contribution >= 4 is 50.6 Å². The number of thiophene rings is 1. The maximum Gasteiger partial charge on any atom is 0.239 e. The highest BCUT2D eigenvalue weighted by Gasteiger charge is 2.28. The fourth-order valence-electron chi connectivity index (χ4n) is 7.05. The van der Waals surface area contributed by atoms with E-state index in [-0.39, 0.29) is 45.2 Å². The number of ether oxygens (including phenoxy) is 4. The van der Waals surface area contributed by atoms with E-state index in [1.54, 1.807) is 30.6 Å². The SMILES string of the molecule is Cc1c(Cl)c2c(Cl)c(C)c1-c1c(-c3ccc(F)cc3)sc3ncnc(c13)OCCc1cc(ccc1OCc1ccnc(-c3ccc(NCCNCCC(F)F)nc3)n1)OCCO2. The summed E-state index contributed by atoms with van der Waals surface area (Å²) in [5.74, 6) is 2.72. The number of alkyl halides is 2. The van der Waals surface area contributed by atoms with Gasteiger partial charge in [-0.2, -0.15) is 0 Å². The Kier molecular flexibility index (Phi) is 13.5. The van der Waals surface area contributed by atoms with Crippen molar-refractivity contribution in [3.8, 4) is 56.1 Å². The molecule has 0 aliphatic carbocycles. The van der Waals surface area contributed by atoms with Crippen LogP contribution in [0.5, 0.6) is 23.1 Å². The summed E-state index contributed by atoms with van der Waals surface area (Å²) in [5.41, 5.74) is 6.02. The van der Waals surface area contributed by atoms with E-state index in [2.05, 4.69) is 30.6 Å². The van der Waals surface area contributed by atoms with Gasteiger partial charge in [-0.3, -0.25) is 0 Å². The molecule has 2 aliphatic rings. The van der Waals surface area contributed by atoms with Crippen molar-refractivity contribution < 1.29 is 32.1 Å². The number of fused-ring (bicyclic) bond motifs is 7. The molecule has 62 heavy (non-hydrogen) atoms. The maximum absolute atomic E-state index is 14.1. The summed E-state index contributed by atoms with van der Waals surface area (Å²) in [6.07, 6.45) is 2.74. The Morgan fingerprint density at radius 1 is 0.823 bits per heavy atom. The molecule has 320 valence electrons. The molecule has 2 N–H and O–H groups in total. The molecule has 7 aromatic rings. The predicted molar refractivity (Wildman–Crippen MR) is 236 cm³/mol. The first kappa shape index (κ1) is 42.9. The zero-order valence-electron chi connectivity index (χ0n) is 33.6. The Morgan fingerprint density at radius 3 is 2.39 bits per heavy atom. The molecule has 4 bridgehead atoms. The van der Waals surface area contributed by atoms with Crippen LogP contribution in [0.2, 0.25) is 10.0 Å². The van der Waals surface area contributed by atoms with Crippen LogP contribution in [-0.4, -0.2) is 70.8 Å². The highest BCUT2D eigenvalue weighted by Crippen LogP contribution is 2.52. The first-order valence-electron chi connectivity index (χ1n) is 19.8. The van der Waals surface area contributed by atoms with Crippen LogP contribution in [0.1, 0.15) is 28.8 Å². The second-order valence-electron chi connectivity index (χ2n) is 14.3. The molecule has 4 aromatic heterocycles. The molecular formula is C45H40Cl2F3N7O4S. The lowest BCUT2D eigenvalue weighted by Gasteiger charge is -2.20. The lowest BCUT2D eigenvalue weighted by Crippen LogP contribution is -2.24. The number of rotatable bonds is 12. The van der Waals surface area contributed by atoms with E-state index >= 15 is 0 Å². The largest absolute Gasteiger partial charge is 0.490 e. The topological polar surface area (TPSA) is 125 Å². The predicted octanol–water partition coefficient (Wildman–Crippen LogP) is 10.6. The molecule has 3 aromatic carbocycles. The van der Waals surface area contributed by atoms with Crippen molar-refractivity contribution in [3.05, 3.63) is 118 Å². The van der Waals surface area contributed by atoms with Gasteiger partial charge in [0.1, 0.15) is 54.1 Å². The average Bonchev–Trinajstić information content (AvgIpc) is 3.66. The monoisotopic (exact) mass is 901 g/mol. The number of benzene rings is 3. The van der Waals surface area contributed by atoms with E-state index in [0.29, 0.717) is 80.2 Å². The molecule has 0 saturated heterocycles. The third-order valence-electron chi connectivity index (χ3n) is 10.1. The van der Waals surface area contributed by atoms with Gasteiger partial charge in [0.05, 0.1) is 27.7 Å². The van der Waals surface area contributed by atoms with Gasteiger partial charge in [-0.05, 0) is 84.6 Å². The third-order valence-corrected chi connectivity index (χ3v) is 12.2. The van der Waals surface area contributed by atoms with Crippen LogP contribution >= 0.6 is 34.5 Å². The summed E-state index contributed by atoms with van der Waals surface area (Å²) in [4.78, 5) is 24.4. The van der Waals surface area contributed by atoms with E-state index < -0.39 is 6.43 Å². The fraction of sp³-hybridized carbons (Fsp3) is 0.267. The molecule has 0 saturated carbocycles. The van der Waals surface area contributed by atoms with Crippen molar-refractivity contribution in [1.82, 2.24) is 30.2 Å². The summed E-state index contributed by atoms with van der Waals surface area (Å²) in [7, 11) is 0. The molecule has 0 radical (unpaired) electrons. The zero-order chi connectivity index (χ0) is 43.2. The van der Waals surface area contributed by atoms with Gasteiger partial charge in [-0.25, -0.2) is 38.1 Å². The van der Waals surface area contributed by atoms with E-state index in [1.807, 2.05) is 44.2 Å². The van der Waals surface area contributed by atoms with Crippen LogP contribution in [0.25, 0.3) is 43.2 Å². The number of nitrogens with one attached hydrogen (secondary N) is 2. The number of pyridine rings is 1. The third kappa shape index (κ3) is 9.65. The summed E-state index contributed by atoms with van der Waals surface area (Å²) in [5, 5.41) is 7.54. The Bertz CT molecular complexity index is 2660. The number of hydrogen-bond donors (Lipinski definition) is 2. The van der Waals surface area contributed by atoms with Gasteiger partial charge in [0.2, 0.25) is 12.3 Å². The minimum Gasteiger partial charge on any atom is -0.490 e. The second-order valence-corrected chi connectivity index (χ2v) is 16.0. The number of halogens is 5. The fourth-order valence-corrected chi connectivity index (χ4v) is 8.73. The lowest BCUT2D eigenvalue weighted by molar-refractivity contribution is 0.137. The highest BCUT2D eigenvalue weighted by molar-refractivity contribution is 7.22. The molecular weight excluding hydrogens is 863 g/mol. The molecule has 0 amide bonds. The van der Waals surface area contributed by atoms with Crippen molar-refractivity contribution in [2.24, 2.45) is 0 Å². The summed E-state index contributed by atoms with van der Waals surface area (Å²) in [6, 6.07) is 17.4. The number of nitrogens with zero attached hydrogens (tertiary/aromatic N) is 5. The zero-order valence-corrected chi connectivity index (χ0v) is 35.9. The van der Waals surface area contributed by atoms with Gasteiger partial charge in [-0.1, -0.05) is 35.3 Å². The number of hydrogen-bond acceptors (Lipinski definition) is 12. The first-order valence-corrected chi connectivity index (χ1v) is 21.4. The molecule has 0 atom stereocenters. The molecule has 0 spiro atoms. The minimum atomic E-state index is -2.32. The van der Waals surface area contributed by atoms with Crippen molar-refractivity contribution in [3.63, 3.8) is 0 Å². The van der Waals surface area contributed by atoms with Gasteiger partial charge in [0, 0.05) is 66.4 Å². The quantitative estimate of drug-likeness (QED) is 0.114. The van der Waals surface area contributed by atoms with Crippen molar-refractivity contribution in [1.29, 1.82) is 0 Å². The molecule has 17 heteroatoms. The van der Waals surface area contributed by atoms with Gasteiger partial charge in [0.25, 0.3) is 0 Å². The van der Waals surface area contributed by atoms with Crippen LogP contribution in [0.15, 0.2) is 79.4 Å². The molecule has 6 heterocycles. The Hall–Kier alpha value is -5.74. The first-order chi connectivity index (χ1) is 30.1. The summed E-state index contributed by atoms with van der Waals surface area (Å²) < 4.78 is 64.0. The van der Waals surface area contributed by atoms with Gasteiger partial charge in [-0.15, -0.1) is 11.3 Å². The Balaban J connectivity index is 1.04. The Morgan fingerprint density at radius 2 is 1.61 bits per heavy atom. The lowest BCUT2D eigenvalue weighted by atomic mass is 9.92. The van der Waals surface area contributed by atoms with Gasteiger partial charge in [0.15, 0.2) is 11.6 Å². The normalized spacial score (nSPS) is 12.8. The van der Waals surface area contributed by atoms with Crippen LogP contribution in [0.4, 0.5) is 19.0 Å². The van der Waals surface area contributed by atoms with Gasteiger partial charge < -0.3 is 29.6 Å². The van der Waals surface area contributed by atoms with Crippen molar-refractivity contribution in [2.45, 2.75) is 39.7 Å². The molecule has 11 nitrogen and oxygen atoms in total. The van der Waals surface area contributed by atoms with E-state index in [9.17, 15) is 13.2 Å². The maximum atomic E-state index is 14.1. The van der Waals surface area contributed by atoms with Crippen LogP contribution in [0.3, 0.4) is 0 Å². The van der Waals surface area contributed by atoms with Crippen LogP contribution in [-0.2, 0) is 13.0 Å². The molecule has 0 unspecified atom stereocenters. The standard InChI is InChI=1S/C45H40Cl2F3N7O4S/c1-25-36-26(2)40(47)41(39(25)46)59-20-19-58-32-8-9-33(61-23-31-11-15-53-43(57-31)29-5-10-35(54-22-29)52-17-16-51-14-12-34(49)50)28(21-32)13-18-60-44-38-37(36)42(62-45(38)56-24-55-44)27-3-6-30(48)7-4-27/h3-11,15,21-22,24,34,51H,12-14,16-20,23H2,1-2H3,(H,52,54). The van der Waals surface area contributed by atoms with E-state index in [1.165, 1.54) is 29.8 Å². The molecule has 2 aliphatic heterocycles. The highest BCUT2D eigenvalue weighted by atomic mass is 35.5. The minimum absolute atomic E-state index is 0.150.